The van der Waals surface area contributed by atoms with E-state index in [0.717, 1.165) is 52.6 Å². The molecule has 4 heteroatoms. The van der Waals surface area contributed by atoms with Crippen molar-refractivity contribution in [2.75, 3.05) is 13.1 Å². The van der Waals surface area contributed by atoms with Crippen molar-refractivity contribution in [3.63, 3.8) is 0 Å². The van der Waals surface area contributed by atoms with Gasteiger partial charge in [-0.15, -0.1) is 0 Å². The minimum atomic E-state index is 0.163. The summed E-state index contributed by atoms with van der Waals surface area (Å²) < 4.78 is 5.83. The Hall–Kier alpha value is -2.17. The molecule has 1 aliphatic rings. The number of aromatic nitrogens is 1. The fourth-order valence-corrected chi connectivity index (χ4v) is 4.19. The Morgan fingerprint density at radius 3 is 2.56 bits per heavy atom. The Morgan fingerprint density at radius 1 is 1.08 bits per heavy atom. The lowest BCUT2D eigenvalue weighted by Gasteiger charge is -2.32. The van der Waals surface area contributed by atoms with Gasteiger partial charge in [-0.3, -0.25) is 4.79 Å². The van der Waals surface area contributed by atoms with Gasteiger partial charge in [0.05, 0.1) is 11.1 Å². The maximum Gasteiger partial charge on any atom is 0.198 e. The molecule has 0 radical (unpaired) electrons. The Balaban J connectivity index is 1.80. The van der Waals surface area contributed by atoms with Gasteiger partial charge in [-0.1, -0.05) is 30.3 Å². The van der Waals surface area contributed by atoms with E-state index in [1.165, 1.54) is 4.90 Å². The number of pyridine rings is 1. The molecular weight excluding hydrogens is 312 g/mol. The first-order valence-electron chi connectivity index (χ1n) is 9.05. The summed E-state index contributed by atoms with van der Waals surface area (Å²) in [6.45, 7) is 8.88. The maximum absolute atomic E-state index is 13.2. The van der Waals surface area contributed by atoms with Gasteiger partial charge in [0.2, 0.25) is 0 Å². The van der Waals surface area contributed by atoms with Crippen molar-refractivity contribution in [1.29, 1.82) is 0 Å². The van der Waals surface area contributed by atoms with E-state index >= 15 is 0 Å². The summed E-state index contributed by atoms with van der Waals surface area (Å²) in [5, 5.41) is 3.04. The van der Waals surface area contributed by atoms with E-state index in [0.29, 0.717) is 0 Å². The van der Waals surface area contributed by atoms with E-state index in [-0.39, 0.29) is 17.6 Å². The van der Waals surface area contributed by atoms with Crippen molar-refractivity contribution in [3.8, 4) is 0 Å². The molecule has 0 amide bonds. The Kier molecular flexibility index (Phi) is 4.10. The van der Waals surface area contributed by atoms with Gasteiger partial charge < -0.3 is 14.6 Å². The van der Waals surface area contributed by atoms with Gasteiger partial charge in [0.1, 0.15) is 31.8 Å². The monoisotopic (exact) mass is 337 g/mol. The predicted octanol–water partition coefficient (Wildman–Crippen LogP) is 2.18. The molecule has 25 heavy (non-hydrogen) atoms. The molecule has 2 heterocycles. The topological polar surface area (TPSA) is 46.5 Å². The molecule has 0 bridgehead atoms. The van der Waals surface area contributed by atoms with Crippen LogP contribution in [0.4, 0.5) is 0 Å². The van der Waals surface area contributed by atoms with Crippen LogP contribution in [-0.4, -0.2) is 30.3 Å². The number of benzene rings is 2. The highest BCUT2D eigenvalue weighted by molar-refractivity contribution is 6.05. The molecule has 1 fully saturated rings. The van der Waals surface area contributed by atoms with E-state index in [9.17, 15) is 4.79 Å². The molecule has 1 aromatic heterocycles. The zero-order valence-electron chi connectivity index (χ0n) is 15.1. The van der Waals surface area contributed by atoms with Crippen LogP contribution in [0, 0.1) is 6.92 Å². The average Bonchev–Trinajstić information content (AvgIpc) is 2.57. The Labute approximate surface area is 147 Å². The number of aromatic amines is 1. The second-order valence-electron chi connectivity index (χ2n) is 7.36. The molecule has 4 nitrogen and oxygen atoms in total. The molecule has 2 atom stereocenters. The normalized spacial score (nSPS) is 24.0. The molecule has 0 spiro atoms. The average molecular weight is 337 g/mol. The van der Waals surface area contributed by atoms with Crippen LogP contribution in [0.1, 0.15) is 25.1 Å². The standard InChI is InChI=1S/C21H24N2O2/c1-13-10-23(11-14(2)25-13)12-19-15(3)22-20-17-7-5-4-6-16(17)8-9-18(20)21(19)24/h4-9,13-14H,10-12H2,1-3H3,(H,22,24)/p+1/t13-,14-/m0/s1. The molecule has 0 unspecified atom stereocenters. The van der Waals surface area contributed by atoms with Crippen LogP contribution in [0.5, 0.6) is 0 Å². The number of hydrogen-bond donors (Lipinski definition) is 2. The van der Waals surface area contributed by atoms with Gasteiger partial charge in [-0.2, -0.15) is 0 Å². The van der Waals surface area contributed by atoms with Gasteiger partial charge >= 0.3 is 0 Å². The molecule has 1 saturated heterocycles. The van der Waals surface area contributed by atoms with Crippen molar-refractivity contribution in [2.45, 2.75) is 39.5 Å². The highest BCUT2D eigenvalue weighted by atomic mass is 16.5. The minimum Gasteiger partial charge on any atom is -0.364 e. The summed E-state index contributed by atoms with van der Waals surface area (Å²) in [4.78, 5) is 18.1. The third-order valence-electron chi connectivity index (χ3n) is 5.26. The molecule has 2 N–H and O–H groups in total. The van der Waals surface area contributed by atoms with Crippen LogP contribution in [-0.2, 0) is 11.3 Å². The molecular formula is C21H25N2O2+. The van der Waals surface area contributed by atoms with Gasteiger partial charge in [0, 0.05) is 16.5 Å². The van der Waals surface area contributed by atoms with Crippen LogP contribution >= 0.6 is 0 Å². The number of quaternary nitrogens is 1. The number of H-pyrrole nitrogens is 1. The Morgan fingerprint density at radius 2 is 1.80 bits per heavy atom. The first-order chi connectivity index (χ1) is 12.0. The minimum absolute atomic E-state index is 0.163. The lowest BCUT2D eigenvalue weighted by molar-refractivity contribution is -0.928. The number of hydrogen-bond acceptors (Lipinski definition) is 2. The van der Waals surface area contributed by atoms with E-state index in [4.69, 9.17) is 4.74 Å². The van der Waals surface area contributed by atoms with Crippen molar-refractivity contribution in [2.24, 2.45) is 0 Å². The van der Waals surface area contributed by atoms with Crippen molar-refractivity contribution in [3.05, 3.63) is 57.9 Å². The zero-order chi connectivity index (χ0) is 17.6. The van der Waals surface area contributed by atoms with Gasteiger partial charge in [-0.25, -0.2) is 0 Å². The zero-order valence-corrected chi connectivity index (χ0v) is 15.1. The van der Waals surface area contributed by atoms with Gasteiger partial charge in [-0.05, 0) is 32.2 Å². The SMILES string of the molecule is Cc1[nH]c2c(ccc3ccccc32)c(=O)c1C[NH+]1C[C@H](C)O[C@@H](C)C1. The third-order valence-corrected chi connectivity index (χ3v) is 5.26. The van der Waals surface area contributed by atoms with E-state index in [1.54, 1.807) is 0 Å². The van der Waals surface area contributed by atoms with Gasteiger partial charge in [0.25, 0.3) is 0 Å². The predicted molar refractivity (Wildman–Crippen MR) is 101 cm³/mol. The lowest BCUT2D eigenvalue weighted by Crippen LogP contribution is -3.14. The lowest BCUT2D eigenvalue weighted by atomic mass is 10.0. The summed E-state index contributed by atoms with van der Waals surface area (Å²) in [6.07, 6.45) is 0.477. The third kappa shape index (κ3) is 2.96. The first-order valence-corrected chi connectivity index (χ1v) is 9.05. The molecule has 1 aliphatic heterocycles. The summed E-state index contributed by atoms with van der Waals surface area (Å²) in [6, 6.07) is 12.2. The van der Waals surface area contributed by atoms with Crippen molar-refractivity contribution >= 4 is 21.7 Å². The summed E-state index contributed by atoms with van der Waals surface area (Å²) in [7, 11) is 0. The fourth-order valence-electron chi connectivity index (χ4n) is 4.19. The van der Waals surface area contributed by atoms with E-state index in [2.05, 4.69) is 31.0 Å². The number of aryl methyl sites for hydroxylation is 1. The highest BCUT2D eigenvalue weighted by Gasteiger charge is 2.27. The van der Waals surface area contributed by atoms with Crippen LogP contribution < -0.4 is 10.3 Å². The summed E-state index contributed by atoms with van der Waals surface area (Å²) in [5.41, 5.74) is 2.99. The van der Waals surface area contributed by atoms with Crippen LogP contribution in [0.2, 0.25) is 0 Å². The number of rotatable bonds is 2. The molecule has 0 aliphatic carbocycles. The van der Waals surface area contributed by atoms with Crippen LogP contribution in [0.15, 0.2) is 41.2 Å². The van der Waals surface area contributed by atoms with E-state index in [1.807, 2.05) is 31.2 Å². The van der Waals surface area contributed by atoms with Crippen molar-refractivity contribution in [1.82, 2.24) is 4.98 Å². The Bertz CT molecular complexity index is 982. The largest absolute Gasteiger partial charge is 0.364 e. The molecule has 4 rings (SSSR count). The fraction of sp³-hybridized carbons (Fsp3) is 0.381. The molecule has 130 valence electrons. The van der Waals surface area contributed by atoms with Gasteiger partial charge in [0.15, 0.2) is 5.43 Å². The quantitative estimate of drug-likeness (QED) is 0.704. The molecule has 2 aromatic carbocycles. The summed E-state index contributed by atoms with van der Waals surface area (Å²) >= 11 is 0. The number of ether oxygens (including phenoxy) is 1. The van der Waals surface area contributed by atoms with Crippen LogP contribution in [0.25, 0.3) is 21.7 Å². The van der Waals surface area contributed by atoms with Crippen molar-refractivity contribution < 1.29 is 9.64 Å². The first kappa shape index (κ1) is 16.3. The second-order valence-corrected chi connectivity index (χ2v) is 7.36. The number of fused-ring (bicyclic) bond motifs is 3. The highest BCUT2D eigenvalue weighted by Crippen LogP contribution is 2.22. The van der Waals surface area contributed by atoms with E-state index < -0.39 is 0 Å². The number of nitrogens with one attached hydrogen (secondary N) is 2. The summed E-state index contributed by atoms with van der Waals surface area (Å²) in [5.74, 6) is 0. The molecule has 0 saturated carbocycles. The van der Waals surface area contributed by atoms with Crippen LogP contribution in [0.3, 0.4) is 0 Å². The molecule has 3 aromatic rings. The number of morpholine rings is 1. The smallest absolute Gasteiger partial charge is 0.198 e. The maximum atomic E-state index is 13.2. The second kappa shape index (κ2) is 6.28.